The van der Waals surface area contributed by atoms with Crippen LogP contribution in [-0.2, 0) is 10.0 Å². The van der Waals surface area contributed by atoms with Crippen LogP contribution in [0.15, 0.2) is 47.4 Å². The zero-order valence-electron chi connectivity index (χ0n) is 15.1. The van der Waals surface area contributed by atoms with Crippen molar-refractivity contribution in [3.63, 3.8) is 0 Å². The average Bonchev–Trinajstić information content (AvgIpc) is 3.45. The summed E-state index contributed by atoms with van der Waals surface area (Å²) in [7, 11) is -2.69. The first-order chi connectivity index (χ1) is 13.3. The van der Waals surface area contributed by atoms with Gasteiger partial charge in [0.1, 0.15) is 10.6 Å². The van der Waals surface area contributed by atoms with Crippen molar-refractivity contribution in [1.82, 2.24) is 5.32 Å². The molecular weight excluding hydrogens is 384 g/mol. The van der Waals surface area contributed by atoms with E-state index in [0.29, 0.717) is 11.3 Å². The number of methoxy groups -OCH3 is 1. The van der Waals surface area contributed by atoms with Gasteiger partial charge in [-0.25, -0.2) is 18.4 Å². The van der Waals surface area contributed by atoms with Crippen molar-refractivity contribution in [2.45, 2.75) is 23.8 Å². The van der Waals surface area contributed by atoms with E-state index in [1.165, 1.54) is 25.3 Å². The molecule has 9 nitrogen and oxygen atoms in total. The zero-order valence-corrected chi connectivity index (χ0v) is 15.9. The minimum atomic E-state index is -4.01. The number of benzene rings is 2. The average molecular weight is 404 g/mol. The summed E-state index contributed by atoms with van der Waals surface area (Å²) in [6, 6.07) is 10.4. The largest absolute Gasteiger partial charge is 0.495 e. The highest BCUT2D eigenvalue weighted by Gasteiger charge is 2.23. The van der Waals surface area contributed by atoms with E-state index in [-0.39, 0.29) is 28.4 Å². The molecule has 0 unspecified atom stereocenters. The quantitative estimate of drug-likeness (QED) is 0.582. The van der Waals surface area contributed by atoms with Gasteiger partial charge in [-0.2, -0.15) is 0 Å². The number of carbonyl (C=O) groups is 2. The van der Waals surface area contributed by atoms with Gasteiger partial charge >= 0.3 is 6.03 Å². The van der Waals surface area contributed by atoms with Crippen LogP contribution in [0.4, 0.5) is 16.2 Å². The molecule has 1 saturated carbocycles. The fraction of sp³-hybridized carbons (Fsp3) is 0.222. The Balaban J connectivity index is 1.68. The lowest BCUT2D eigenvalue weighted by molar-refractivity contribution is 0.102. The highest BCUT2D eigenvalue weighted by Crippen LogP contribution is 2.26. The Kier molecular flexibility index (Phi) is 5.52. The van der Waals surface area contributed by atoms with Crippen molar-refractivity contribution in [3.8, 4) is 5.75 Å². The minimum Gasteiger partial charge on any atom is -0.495 e. The van der Waals surface area contributed by atoms with Gasteiger partial charge < -0.3 is 20.7 Å². The van der Waals surface area contributed by atoms with Crippen molar-refractivity contribution < 1.29 is 22.7 Å². The van der Waals surface area contributed by atoms with E-state index in [9.17, 15) is 18.0 Å². The molecule has 0 aliphatic heterocycles. The molecule has 1 fully saturated rings. The summed E-state index contributed by atoms with van der Waals surface area (Å²) in [5.74, 6) is -0.361. The third kappa shape index (κ3) is 4.99. The first-order valence-corrected chi connectivity index (χ1v) is 10.0. The lowest BCUT2D eigenvalue weighted by Gasteiger charge is -2.11. The van der Waals surface area contributed by atoms with Crippen LogP contribution in [-0.4, -0.2) is 33.5 Å². The van der Waals surface area contributed by atoms with E-state index >= 15 is 0 Å². The number of rotatable bonds is 6. The van der Waals surface area contributed by atoms with E-state index < -0.39 is 15.9 Å². The van der Waals surface area contributed by atoms with Gasteiger partial charge in [-0.05, 0) is 55.3 Å². The second-order valence-electron chi connectivity index (χ2n) is 6.31. The summed E-state index contributed by atoms with van der Waals surface area (Å²) in [5, 5.41) is 13.3. The van der Waals surface area contributed by atoms with Crippen LogP contribution in [0.3, 0.4) is 0 Å². The Hall–Kier alpha value is -3.11. The zero-order chi connectivity index (χ0) is 20.3. The smallest absolute Gasteiger partial charge is 0.319 e. The molecular formula is C18H20N4O5S. The monoisotopic (exact) mass is 404 g/mol. The molecule has 0 radical (unpaired) electrons. The topological polar surface area (TPSA) is 140 Å². The molecule has 148 valence electrons. The van der Waals surface area contributed by atoms with Crippen LogP contribution in [0.25, 0.3) is 0 Å². The number of sulfonamides is 1. The minimum absolute atomic E-state index is 0.0837. The lowest BCUT2D eigenvalue weighted by atomic mass is 10.2. The number of nitrogens with two attached hydrogens (primary N) is 1. The maximum absolute atomic E-state index is 12.4. The number of hydrogen-bond acceptors (Lipinski definition) is 5. The Morgan fingerprint density at radius 3 is 2.25 bits per heavy atom. The maximum atomic E-state index is 12.4. The van der Waals surface area contributed by atoms with Gasteiger partial charge in [0.05, 0.1) is 7.11 Å². The highest BCUT2D eigenvalue weighted by atomic mass is 32.2. The molecule has 3 rings (SSSR count). The molecule has 2 aromatic rings. The third-order valence-corrected chi connectivity index (χ3v) is 4.98. The Morgan fingerprint density at radius 2 is 1.68 bits per heavy atom. The second-order valence-corrected chi connectivity index (χ2v) is 7.84. The van der Waals surface area contributed by atoms with Crippen LogP contribution >= 0.6 is 0 Å². The van der Waals surface area contributed by atoms with Crippen molar-refractivity contribution in [1.29, 1.82) is 0 Å². The summed E-state index contributed by atoms with van der Waals surface area (Å²) < 4.78 is 28.3. The molecule has 10 heteroatoms. The van der Waals surface area contributed by atoms with Crippen LogP contribution in [0.2, 0.25) is 0 Å². The first-order valence-electron chi connectivity index (χ1n) is 8.46. The van der Waals surface area contributed by atoms with Crippen molar-refractivity contribution in [3.05, 3.63) is 48.0 Å². The summed E-state index contributed by atoms with van der Waals surface area (Å²) in [6.45, 7) is 0. The normalized spacial score (nSPS) is 13.5. The predicted molar refractivity (Wildman–Crippen MR) is 104 cm³/mol. The fourth-order valence-corrected chi connectivity index (χ4v) is 3.19. The molecule has 0 bridgehead atoms. The molecule has 1 aliphatic rings. The van der Waals surface area contributed by atoms with Gasteiger partial charge in [0, 0.05) is 23.0 Å². The van der Waals surface area contributed by atoms with Crippen LogP contribution < -0.4 is 25.8 Å². The molecule has 0 saturated heterocycles. The van der Waals surface area contributed by atoms with E-state index in [1.807, 2.05) is 0 Å². The van der Waals surface area contributed by atoms with Crippen molar-refractivity contribution >= 4 is 33.3 Å². The Morgan fingerprint density at radius 1 is 1.04 bits per heavy atom. The Labute approximate surface area is 162 Å². The molecule has 2 aromatic carbocycles. The molecule has 1 aliphatic carbocycles. The second kappa shape index (κ2) is 7.87. The van der Waals surface area contributed by atoms with E-state index in [4.69, 9.17) is 9.88 Å². The van der Waals surface area contributed by atoms with E-state index in [0.717, 1.165) is 12.8 Å². The van der Waals surface area contributed by atoms with Gasteiger partial charge in [-0.3, -0.25) is 4.79 Å². The SMILES string of the molecule is COc1ccc(NC(=O)c2ccc(NC(=O)NC3CC3)cc2)cc1S(N)(=O)=O. The lowest BCUT2D eigenvalue weighted by Crippen LogP contribution is -2.30. The third-order valence-electron chi connectivity index (χ3n) is 4.05. The van der Waals surface area contributed by atoms with Gasteiger partial charge in [-0.15, -0.1) is 0 Å². The molecule has 3 amide bonds. The number of anilines is 2. The van der Waals surface area contributed by atoms with Gasteiger partial charge in [0.2, 0.25) is 10.0 Å². The van der Waals surface area contributed by atoms with Crippen LogP contribution in [0, 0.1) is 0 Å². The van der Waals surface area contributed by atoms with Crippen LogP contribution in [0.5, 0.6) is 5.75 Å². The number of nitrogens with one attached hydrogen (secondary N) is 3. The van der Waals surface area contributed by atoms with Gasteiger partial charge in [-0.1, -0.05) is 0 Å². The van der Waals surface area contributed by atoms with E-state index in [1.54, 1.807) is 24.3 Å². The Bertz CT molecular complexity index is 1000. The molecule has 0 atom stereocenters. The summed E-state index contributed by atoms with van der Waals surface area (Å²) >= 11 is 0. The number of carbonyl (C=O) groups excluding carboxylic acids is 2. The van der Waals surface area contributed by atoms with Gasteiger partial charge in [0.15, 0.2) is 0 Å². The molecule has 0 aromatic heterocycles. The first kappa shape index (κ1) is 19.6. The summed E-state index contributed by atoms with van der Waals surface area (Å²) in [5.41, 5.74) is 1.14. The number of amides is 3. The molecule has 0 heterocycles. The van der Waals surface area contributed by atoms with Crippen LogP contribution in [0.1, 0.15) is 23.2 Å². The van der Waals surface area contributed by atoms with Crippen molar-refractivity contribution in [2.75, 3.05) is 17.7 Å². The molecule has 28 heavy (non-hydrogen) atoms. The fourth-order valence-electron chi connectivity index (χ4n) is 2.47. The number of urea groups is 1. The number of ether oxygens (including phenoxy) is 1. The summed E-state index contributed by atoms with van der Waals surface area (Å²) in [4.78, 5) is 23.9. The summed E-state index contributed by atoms with van der Waals surface area (Å²) in [6.07, 6.45) is 1.98. The standard InChI is InChI=1S/C18H20N4O5S/c1-27-15-9-8-14(10-16(15)28(19,25)26)20-17(23)11-2-4-12(5-3-11)21-18(24)22-13-6-7-13/h2-5,8-10,13H,6-7H2,1H3,(H,20,23)(H2,19,25,26)(H2,21,22,24). The highest BCUT2D eigenvalue weighted by molar-refractivity contribution is 7.89. The number of primary sulfonamides is 1. The molecule has 0 spiro atoms. The number of hydrogen-bond donors (Lipinski definition) is 4. The predicted octanol–water partition coefficient (Wildman–Crippen LogP) is 1.88. The van der Waals surface area contributed by atoms with Crippen molar-refractivity contribution in [2.24, 2.45) is 5.14 Å². The molecule has 5 N–H and O–H groups in total. The van der Waals surface area contributed by atoms with Gasteiger partial charge in [0.25, 0.3) is 5.91 Å². The maximum Gasteiger partial charge on any atom is 0.319 e. The van der Waals surface area contributed by atoms with E-state index in [2.05, 4.69) is 16.0 Å².